The van der Waals surface area contributed by atoms with Crippen molar-refractivity contribution < 1.29 is 8.78 Å². The van der Waals surface area contributed by atoms with Crippen LogP contribution in [-0.2, 0) is 6.16 Å². The molecule has 4 aromatic carbocycles. The van der Waals surface area contributed by atoms with Gasteiger partial charge in [-0.25, -0.2) is 0 Å². The summed E-state index contributed by atoms with van der Waals surface area (Å²) in [6.45, 7) is 0. The van der Waals surface area contributed by atoms with Gasteiger partial charge in [0.25, 0.3) is 0 Å². The minimum absolute atomic E-state index is 0.0109. The van der Waals surface area contributed by atoms with Gasteiger partial charge in [-0.1, -0.05) is 0 Å². The first-order chi connectivity index (χ1) is 14.0. The van der Waals surface area contributed by atoms with E-state index < -0.39 is 17.6 Å². The first kappa shape index (κ1) is 19.8. The van der Waals surface area contributed by atoms with Gasteiger partial charge in [-0.15, -0.1) is 0 Å². The summed E-state index contributed by atoms with van der Waals surface area (Å²) >= 11 is 7.85. The van der Waals surface area contributed by atoms with Crippen LogP contribution in [0.1, 0.15) is 5.56 Å². The first-order valence-electron chi connectivity index (χ1n) is 9.36. The molecule has 29 heavy (non-hydrogen) atoms. The summed E-state index contributed by atoms with van der Waals surface area (Å²) in [4.78, 5) is 0. The van der Waals surface area contributed by atoms with E-state index in [1.54, 1.807) is 0 Å². The summed E-state index contributed by atoms with van der Waals surface area (Å²) in [6.07, 6.45) is 0.0453. The van der Waals surface area contributed by atoms with E-state index in [1.807, 2.05) is 91.0 Å². The molecule has 0 bridgehead atoms. The molecule has 0 N–H and O–H groups in total. The molecule has 0 atom stereocenters. The van der Waals surface area contributed by atoms with Gasteiger partial charge in [0.15, 0.2) is 0 Å². The van der Waals surface area contributed by atoms with Crippen LogP contribution in [0.4, 0.5) is 8.78 Å². The molecule has 0 aliphatic heterocycles. The van der Waals surface area contributed by atoms with Gasteiger partial charge in [0.2, 0.25) is 0 Å². The SMILES string of the molecule is Fc1cccc(F)c1CP(Cl)(c1ccccc1)(c1ccccc1)c1ccccc1. The van der Waals surface area contributed by atoms with Crippen molar-refractivity contribution in [3.8, 4) is 0 Å². The van der Waals surface area contributed by atoms with Crippen LogP contribution in [0, 0.1) is 11.6 Å². The molecule has 0 aliphatic rings. The van der Waals surface area contributed by atoms with Crippen molar-refractivity contribution in [1.29, 1.82) is 0 Å². The van der Waals surface area contributed by atoms with Crippen LogP contribution in [0.25, 0.3) is 0 Å². The topological polar surface area (TPSA) is 0 Å². The molecule has 0 saturated carbocycles. The molecule has 0 aromatic heterocycles. The third kappa shape index (κ3) is 3.27. The fourth-order valence-corrected chi connectivity index (χ4v) is 10.0. The van der Waals surface area contributed by atoms with Crippen LogP contribution in [0.3, 0.4) is 0 Å². The van der Waals surface area contributed by atoms with Crippen molar-refractivity contribution in [2.45, 2.75) is 6.16 Å². The molecule has 0 amide bonds. The van der Waals surface area contributed by atoms with E-state index >= 15 is 0 Å². The second kappa shape index (κ2) is 7.71. The van der Waals surface area contributed by atoms with Gasteiger partial charge in [0.1, 0.15) is 0 Å². The molecule has 4 heteroatoms. The number of hydrogen-bond acceptors (Lipinski definition) is 0. The Morgan fingerprint density at radius 2 is 0.862 bits per heavy atom. The molecule has 0 fully saturated rings. The Labute approximate surface area is 174 Å². The minimum atomic E-state index is -3.75. The summed E-state index contributed by atoms with van der Waals surface area (Å²) in [5.74, 6) is -4.92. The van der Waals surface area contributed by atoms with Gasteiger partial charge < -0.3 is 0 Å². The fraction of sp³-hybridized carbons (Fsp3) is 0.0400. The second-order valence-corrected chi connectivity index (χ2v) is 13.5. The summed E-state index contributed by atoms with van der Waals surface area (Å²) in [7, 11) is 0. The predicted octanol–water partition coefficient (Wildman–Crippen LogP) is 6.15. The fourth-order valence-electron chi connectivity index (χ4n) is 3.92. The van der Waals surface area contributed by atoms with Crippen LogP contribution in [-0.4, -0.2) is 0 Å². The van der Waals surface area contributed by atoms with E-state index in [1.165, 1.54) is 18.2 Å². The average molecular weight is 425 g/mol. The normalized spacial score (nSPS) is 12.9. The van der Waals surface area contributed by atoms with Crippen molar-refractivity contribution in [3.63, 3.8) is 0 Å². The number of rotatable bonds is 5. The Morgan fingerprint density at radius 3 is 1.21 bits per heavy atom. The molecule has 0 aliphatic carbocycles. The zero-order valence-electron chi connectivity index (χ0n) is 15.7. The molecule has 0 spiro atoms. The van der Waals surface area contributed by atoms with Gasteiger partial charge in [0, 0.05) is 0 Å². The molecule has 0 saturated heterocycles. The number of hydrogen-bond donors (Lipinski definition) is 0. The average Bonchev–Trinajstić information content (AvgIpc) is 2.78. The number of benzene rings is 4. The molecule has 0 unspecified atom stereocenters. The third-order valence-electron chi connectivity index (χ3n) is 5.40. The first-order valence-corrected chi connectivity index (χ1v) is 12.7. The number of halogens is 3. The van der Waals surface area contributed by atoms with Crippen LogP contribution in [0.15, 0.2) is 109 Å². The molecule has 0 nitrogen and oxygen atoms in total. The maximum atomic E-state index is 14.8. The van der Waals surface area contributed by atoms with Crippen LogP contribution in [0.2, 0.25) is 0 Å². The molecule has 4 aromatic rings. The Morgan fingerprint density at radius 1 is 0.517 bits per heavy atom. The summed E-state index contributed by atoms with van der Waals surface area (Å²) < 4.78 is 29.6. The molecular weight excluding hydrogens is 405 g/mol. The monoisotopic (exact) mass is 424 g/mol. The molecule has 0 heterocycles. The van der Waals surface area contributed by atoms with E-state index in [-0.39, 0.29) is 11.7 Å². The van der Waals surface area contributed by atoms with Crippen LogP contribution in [0.5, 0.6) is 0 Å². The maximum absolute atomic E-state index is 14.8. The summed E-state index contributed by atoms with van der Waals surface area (Å²) in [5.41, 5.74) is 0.0109. The zero-order valence-corrected chi connectivity index (χ0v) is 17.3. The molecule has 146 valence electrons. The Hall–Kier alpha value is -2.54. The van der Waals surface area contributed by atoms with Gasteiger partial charge in [-0.3, -0.25) is 0 Å². The van der Waals surface area contributed by atoms with Crippen molar-refractivity contribution in [1.82, 2.24) is 0 Å². The van der Waals surface area contributed by atoms with Crippen molar-refractivity contribution in [3.05, 3.63) is 126 Å². The van der Waals surface area contributed by atoms with E-state index in [9.17, 15) is 8.78 Å². The second-order valence-electron chi connectivity index (χ2n) is 7.05. The Bertz CT molecular complexity index is 996. The summed E-state index contributed by atoms with van der Waals surface area (Å²) in [6, 6.07) is 33.0. The van der Waals surface area contributed by atoms with Gasteiger partial charge in [0.05, 0.1) is 0 Å². The predicted molar refractivity (Wildman–Crippen MR) is 121 cm³/mol. The van der Waals surface area contributed by atoms with Crippen LogP contribution < -0.4 is 15.9 Å². The molecule has 4 rings (SSSR count). The van der Waals surface area contributed by atoms with Gasteiger partial charge in [-0.05, 0) is 0 Å². The zero-order chi connectivity index (χ0) is 20.3. The third-order valence-corrected chi connectivity index (χ3v) is 12.6. The van der Waals surface area contributed by atoms with E-state index in [0.717, 1.165) is 15.9 Å². The molecular formula is C25H20ClF2P. The Kier molecular flexibility index (Phi) is 5.25. The van der Waals surface area contributed by atoms with Gasteiger partial charge in [-0.2, -0.15) is 0 Å². The summed E-state index contributed by atoms with van der Waals surface area (Å²) in [5, 5.41) is 2.63. The van der Waals surface area contributed by atoms with Crippen molar-refractivity contribution >= 4 is 33.1 Å². The Balaban J connectivity index is 2.13. The quantitative estimate of drug-likeness (QED) is 0.337. The molecule has 0 radical (unpaired) electrons. The van der Waals surface area contributed by atoms with Crippen LogP contribution >= 0.6 is 17.2 Å². The van der Waals surface area contributed by atoms with E-state index in [2.05, 4.69) is 0 Å². The van der Waals surface area contributed by atoms with E-state index in [4.69, 9.17) is 11.2 Å². The van der Waals surface area contributed by atoms with Gasteiger partial charge >= 0.3 is 174 Å². The van der Waals surface area contributed by atoms with Crippen molar-refractivity contribution in [2.24, 2.45) is 0 Å². The van der Waals surface area contributed by atoms with E-state index in [0.29, 0.717) is 0 Å². The standard InChI is InChI=1S/C25H20ClF2P/c26-29(20-11-4-1-5-12-20,21-13-6-2-7-14-21,22-15-8-3-9-16-22)19-23-24(27)17-10-18-25(23)28/h1-18H,19H2. The van der Waals surface area contributed by atoms with Crippen molar-refractivity contribution in [2.75, 3.05) is 0 Å².